The van der Waals surface area contributed by atoms with Crippen LogP contribution in [0, 0.1) is 0 Å². The number of rotatable bonds is 5. The fraction of sp³-hybridized carbons (Fsp3) is 0.333. The van der Waals surface area contributed by atoms with Crippen LogP contribution < -0.4 is 4.74 Å². The van der Waals surface area contributed by atoms with E-state index in [0.29, 0.717) is 24.0 Å². The van der Waals surface area contributed by atoms with Gasteiger partial charge in [0.25, 0.3) is 0 Å². The molecule has 2 aromatic rings. The van der Waals surface area contributed by atoms with Gasteiger partial charge in [-0.05, 0) is 32.9 Å². The molecule has 0 saturated heterocycles. The smallest absolute Gasteiger partial charge is 0.163 e. The van der Waals surface area contributed by atoms with Gasteiger partial charge in [-0.15, -0.1) is 0 Å². The summed E-state index contributed by atoms with van der Waals surface area (Å²) in [6.45, 7) is 6.13. The Morgan fingerprint density at radius 1 is 1.37 bits per heavy atom. The molecular weight excluding hydrogens is 240 g/mol. The summed E-state index contributed by atoms with van der Waals surface area (Å²) in [6.07, 6.45) is 3.58. The molecule has 4 heteroatoms. The average molecular weight is 258 g/mol. The molecule has 0 atom stereocenters. The molecule has 1 aromatic carbocycles. The molecule has 0 aliphatic heterocycles. The second kappa shape index (κ2) is 5.69. The Balaban J connectivity index is 2.15. The molecule has 0 bridgehead atoms. The molecule has 4 nitrogen and oxygen atoms in total. The standard InChI is InChI=1S/C15H18N2O2/c1-11(2)17-10-16-8-13(17)9-19-15-7-5-4-6-14(15)12(3)18/h4-8,10-11H,9H2,1-3H3. The summed E-state index contributed by atoms with van der Waals surface area (Å²) in [5, 5.41) is 0. The van der Waals surface area contributed by atoms with Crippen LogP contribution in [-0.2, 0) is 6.61 Å². The van der Waals surface area contributed by atoms with Crippen molar-refractivity contribution in [3.8, 4) is 5.75 Å². The molecule has 0 fully saturated rings. The second-order valence-electron chi connectivity index (χ2n) is 4.73. The van der Waals surface area contributed by atoms with Gasteiger partial charge in [0.05, 0.1) is 23.8 Å². The molecular formula is C15H18N2O2. The van der Waals surface area contributed by atoms with Crippen molar-refractivity contribution in [1.82, 2.24) is 9.55 Å². The second-order valence-corrected chi connectivity index (χ2v) is 4.73. The summed E-state index contributed by atoms with van der Waals surface area (Å²) in [5.74, 6) is 0.625. The minimum atomic E-state index is 0.00738. The van der Waals surface area contributed by atoms with Crippen LogP contribution in [0.4, 0.5) is 0 Å². The van der Waals surface area contributed by atoms with Crippen LogP contribution in [0.2, 0.25) is 0 Å². The van der Waals surface area contributed by atoms with Gasteiger partial charge < -0.3 is 9.30 Å². The van der Waals surface area contributed by atoms with Crippen LogP contribution in [0.15, 0.2) is 36.8 Å². The summed E-state index contributed by atoms with van der Waals surface area (Å²) >= 11 is 0. The monoisotopic (exact) mass is 258 g/mol. The van der Waals surface area contributed by atoms with E-state index in [1.54, 1.807) is 25.5 Å². The zero-order chi connectivity index (χ0) is 13.8. The number of para-hydroxylation sites is 1. The number of nitrogens with zero attached hydrogens (tertiary/aromatic N) is 2. The lowest BCUT2D eigenvalue weighted by atomic mass is 10.1. The molecule has 1 aromatic heterocycles. The molecule has 0 unspecified atom stereocenters. The van der Waals surface area contributed by atoms with E-state index in [2.05, 4.69) is 23.4 Å². The molecule has 0 saturated carbocycles. The van der Waals surface area contributed by atoms with Crippen LogP contribution in [0.25, 0.3) is 0 Å². The molecule has 1 heterocycles. The SMILES string of the molecule is CC(=O)c1ccccc1OCc1cncn1C(C)C. The van der Waals surface area contributed by atoms with Gasteiger partial charge in [-0.3, -0.25) is 4.79 Å². The van der Waals surface area contributed by atoms with Crippen molar-refractivity contribution < 1.29 is 9.53 Å². The van der Waals surface area contributed by atoms with E-state index in [0.717, 1.165) is 5.69 Å². The van der Waals surface area contributed by atoms with Crippen LogP contribution in [0.5, 0.6) is 5.75 Å². The topological polar surface area (TPSA) is 44.1 Å². The molecule has 100 valence electrons. The molecule has 0 amide bonds. The molecule has 0 aliphatic rings. The van der Waals surface area contributed by atoms with Crippen molar-refractivity contribution in [2.75, 3.05) is 0 Å². The number of hydrogen-bond donors (Lipinski definition) is 0. The number of Topliss-reactive ketones (excluding diaryl/α,β-unsaturated/α-hetero) is 1. The largest absolute Gasteiger partial charge is 0.487 e. The van der Waals surface area contributed by atoms with Crippen LogP contribution in [0.1, 0.15) is 42.9 Å². The maximum Gasteiger partial charge on any atom is 0.163 e. The van der Waals surface area contributed by atoms with E-state index in [1.807, 2.05) is 18.2 Å². The highest BCUT2D eigenvalue weighted by atomic mass is 16.5. The Labute approximate surface area is 113 Å². The summed E-state index contributed by atoms with van der Waals surface area (Å²) in [4.78, 5) is 15.6. The molecule has 0 radical (unpaired) electrons. The van der Waals surface area contributed by atoms with Crippen LogP contribution >= 0.6 is 0 Å². The third-order valence-electron chi connectivity index (χ3n) is 2.94. The average Bonchev–Trinajstić information content (AvgIpc) is 2.85. The molecule has 0 aliphatic carbocycles. The number of benzene rings is 1. The highest BCUT2D eigenvalue weighted by Crippen LogP contribution is 2.20. The number of hydrogen-bond acceptors (Lipinski definition) is 3. The number of imidazole rings is 1. The van der Waals surface area contributed by atoms with E-state index >= 15 is 0 Å². The maximum atomic E-state index is 11.5. The van der Waals surface area contributed by atoms with E-state index in [9.17, 15) is 4.79 Å². The Kier molecular flexibility index (Phi) is 4.00. The van der Waals surface area contributed by atoms with Gasteiger partial charge in [-0.2, -0.15) is 0 Å². The predicted molar refractivity (Wildman–Crippen MR) is 73.4 cm³/mol. The first-order valence-electron chi connectivity index (χ1n) is 6.33. The quantitative estimate of drug-likeness (QED) is 0.773. The number of carbonyl (C=O) groups is 1. The highest BCUT2D eigenvalue weighted by Gasteiger charge is 2.10. The van der Waals surface area contributed by atoms with E-state index in [-0.39, 0.29) is 5.78 Å². The lowest BCUT2D eigenvalue weighted by Gasteiger charge is -2.13. The van der Waals surface area contributed by atoms with Gasteiger partial charge in [0, 0.05) is 6.04 Å². The zero-order valence-electron chi connectivity index (χ0n) is 11.5. The Hall–Kier alpha value is -2.10. The van der Waals surface area contributed by atoms with Crippen LogP contribution in [0.3, 0.4) is 0 Å². The normalized spacial score (nSPS) is 10.7. The highest BCUT2D eigenvalue weighted by molar-refractivity contribution is 5.96. The number of ketones is 1. The first kappa shape index (κ1) is 13.3. The summed E-state index contributed by atoms with van der Waals surface area (Å²) in [5.41, 5.74) is 1.60. The van der Waals surface area contributed by atoms with Gasteiger partial charge in [0.2, 0.25) is 0 Å². The summed E-state index contributed by atoms with van der Waals surface area (Å²) < 4.78 is 7.80. The third-order valence-corrected chi connectivity index (χ3v) is 2.94. The fourth-order valence-electron chi connectivity index (χ4n) is 1.94. The lowest BCUT2D eigenvalue weighted by Crippen LogP contribution is -2.08. The van der Waals surface area contributed by atoms with E-state index in [1.165, 1.54) is 0 Å². The van der Waals surface area contributed by atoms with Crippen LogP contribution in [-0.4, -0.2) is 15.3 Å². The van der Waals surface area contributed by atoms with Crippen molar-refractivity contribution in [3.63, 3.8) is 0 Å². The van der Waals surface area contributed by atoms with Crippen molar-refractivity contribution >= 4 is 5.78 Å². The molecule has 19 heavy (non-hydrogen) atoms. The Morgan fingerprint density at radius 2 is 2.11 bits per heavy atom. The number of aromatic nitrogens is 2. The number of ether oxygens (including phenoxy) is 1. The van der Waals surface area contributed by atoms with Crippen molar-refractivity contribution in [2.45, 2.75) is 33.4 Å². The number of carbonyl (C=O) groups excluding carboxylic acids is 1. The van der Waals surface area contributed by atoms with Gasteiger partial charge in [0.15, 0.2) is 5.78 Å². The van der Waals surface area contributed by atoms with Gasteiger partial charge in [-0.1, -0.05) is 12.1 Å². The van der Waals surface area contributed by atoms with Gasteiger partial charge in [0.1, 0.15) is 12.4 Å². The summed E-state index contributed by atoms with van der Waals surface area (Å²) in [6, 6.07) is 7.62. The Bertz CT molecular complexity index is 573. The fourth-order valence-corrected chi connectivity index (χ4v) is 1.94. The zero-order valence-corrected chi connectivity index (χ0v) is 11.5. The first-order valence-corrected chi connectivity index (χ1v) is 6.33. The Morgan fingerprint density at radius 3 is 2.79 bits per heavy atom. The predicted octanol–water partition coefficient (Wildman–Crippen LogP) is 3.25. The minimum Gasteiger partial charge on any atom is -0.487 e. The maximum absolute atomic E-state index is 11.5. The van der Waals surface area contributed by atoms with E-state index < -0.39 is 0 Å². The van der Waals surface area contributed by atoms with Gasteiger partial charge in [-0.25, -0.2) is 4.98 Å². The summed E-state index contributed by atoms with van der Waals surface area (Å²) in [7, 11) is 0. The molecule has 0 spiro atoms. The molecule has 2 rings (SSSR count). The van der Waals surface area contributed by atoms with Crippen molar-refractivity contribution in [2.24, 2.45) is 0 Å². The lowest BCUT2D eigenvalue weighted by molar-refractivity contribution is 0.101. The van der Waals surface area contributed by atoms with Gasteiger partial charge >= 0.3 is 0 Å². The third kappa shape index (κ3) is 3.02. The molecule has 0 N–H and O–H groups in total. The van der Waals surface area contributed by atoms with Crippen molar-refractivity contribution in [3.05, 3.63) is 48.0 Å². The minimum absolute atomic E-state index is 0.00738. The van der Waals surface area contributed by atoms with Crippen molar-refractivity contribution in [1.29, 1.82) is 0 Å². The first-order chi connectivity index (χ1) is 9.09. The van der Waals surface area contributed by atoms with E-state index in [4.69, 9.17) is 4.74 Å².